The van der Waals surface area contributed by atoms with Crippen molar-refractivity contribution >= 4 is 11.6 Å². The van der Waals surface area contributed by atoms with Crippen molar-refractivity contribution in [1.29, 1.82) is 0 Å². The number of aromatic nitrogens is 1. The molecule has 1 heterocycles. The average Bonchev–Trinajstić information content (AvgIpc) is 3.01. The van der Waals surface area contributed by atoms with Crippen LogP contribution in [0.3, 0.4) is 0 Å². The number of hydrogen-bond acceptors (Lipinski definition) is 2. The van der Waals surface area contributed by atoms with Gasteiger partial charge in [0.25, 0.3) is 5.91 Å². The van der Waals surface area contributed by atoms with Crippen LogP contribution in [0.15, 0.2) is 48.5 Å². The first-order valence-electron chi connectivity index (χ1n) is 10.3. The normalized spacial score (nSPS) is 13.1. The predicted octanol–water partition coefficient (Wildman–Crippen LogP) is 5.29. The number of amides is 1. The van der Waals surface area contributed by atoms with E-state index in [1.54, 1.807) is 7.11 Å². The molecule has 0 fully saturated rings. The van der Waals surface area contributed by atoms with E-state index >= 15 is 0 Å². The molecular formula is C25H28N2O2. The molecule has 3 aromatic rings. The minimum atomic E-state index is -0.0466. The molecule has 0 atom stereocenters. The van der Waals surface area contributed by atoms with Crippen LogP contribution in [0.4, 0.5) is 5.69 Å². The SMILES string of the molecule is COc1ccc(NC(=O)c2c(C)c3c(n2Cc2cccc(C)c2)CCCC3)cc1. The van der Waals surface area contributed by atoms with E-state index in [1.165, 1.54) is 35.2 Å². The molecule has 0 saturated carbocycles. The number of carbonyl (C=O) groups excluding carboxylic acids is 1. The predicted molar refractivity (Wildman–Crippen MR) is 117 cm³/mol. The van der Waals surface area contributed by atoms with Gasteiger partial charge in [0.15, 0.2) is 0 Å². The van der Waals surface area contributed by atoms with Gasteiger partial charge in [0.1, 0.15) is 11.4 Å². The third-order valence-electron chi connectivity index (χ3n) is 5.83. The topological polar surface area (TPSA) is 43.3 Å². The van der Waals surface area contributed by atoms with Gasteiger partial charge in [0.05, 0.1) is 7.11 Å². The highest BCUT2D eigenvalue weighted by molar-refractivity contribution is 6.04. The van der Waals surface area contributed by atoms with Gasteiger partial charge in [-0.3, -0.25) is 4.79 Å². The maximum atomic E-state index is 13.3. The molecule has 0 bridgehead atoms. The van der Waals surface area contributed by atoms with E-state index in [2.05, 4.69) is 48.0 Å². The van der Waals surface area contributed by atoms with Crippen LogP contribution in [0.5, 0.6) is 5.75 Å². The highest BCUT2D eigenvalue weighted by Crippen LogP contribution is 2.31. The van der Waals surface area contributed by atoms with Gasteiger partial charge in [-0.25, -0.2) is 0 Å². The van der Waals surface area contributed by atoms with Gasteiger partial charge in [-0.05, 0) is 80.5 Å². The lowest BCUT2D eigenvalue weighted by Crippen LogP contribution is -2.20. The number of anilines is 1. The number of benzene rings is 2. The number of fused-ring (bicyclic) bond motifs is 1. The smallest absolute Gasteiger partial charge is 0.272 e. The molecule has 29 heavy (non-hydrogen) atoms. The highest BCUT2D eigenvalue weighted by atomic mass is 16.5. The lowest BCUT2D eigenvalue weighted by Gasteiger charge is -2.17. The van der Waals surface area contributed by atoms with Crippen LogP contribution in [0.1, 0.15) is 51.3 Å². The van der Waals surface area contributed by atoms with E-state index in [9.17, 15) is 4.79 Å². The molecule has 1 amide bonds. The first-order chi connectivity index (χ1) is 14.1. The van der Waals surface area contributed by atoms with Crippen LogP contribution in [0.25, 0.3) is 0 Å². The molecule has 0 spiro atoms. The fourth-order valence-electron chi connectivity index (χ4n) is 4.40. The second-order valence-corrected chi connectivity index (χ2v) is 7.86. The first kappa shape index (κ1) is 19.3. The molecule has 1 aliphatic rings. The van der Waals surface area contributed by atoms with Gasteiger partial charge < -0.3 is 14.6 Å². The van der Waals surface area contributed by atoms with Crippen LogP contribution in [-0.4, -0.2) is 17.6 Å². The zero-order chi connectivity index (χ0) is 20.4. The Labute approximate surface area is 172 Å². The number of hydrogen-bond donors (Lipinski definition) is 1. The van der Waals surface area contributed by atoms with E-state index in [0.717, 1.165) is 42.1 Å². The Hall–Kier alpha value is -3.01. The Morgan fingerprint density at radius 2 is 1.83 bits per heavy atom. The first-order valence-corrected chi connectivity index (χ1v) is 10.3. The lowest BCUT2D eigenvalue weighted by atomic mass is 9.95. The summed E-state index contributed by atoms with van der Waals surface area (Å²) < 4.78 is 7.46. The number of aryl methyl sites for hydroxylation is 1. The second kappa shape index (κ2) is 8.16. The fourth-order valence-corrected chi connectivity index (χ4v) is 4.40. The summed E-state index contributed by atoms with van der Waals surface area (Å²) in [5, 5.41) is 3.08. The zero-order valence-corrected chi connectivity index (χ0v) is 17.4. The standard InChI is InChI=1S/C25H28N2O2/c1-17-7-6-8-19(15-17)16-27-23-10-5-4-9-22(23)18(2)24(27)25(28)26-20-11-13-21(29-3)14-12-20/h6-8,11-15H,4-5,9-10,16H2,1-3H3,(H,26,28). The Bertz CT molecular complexity index is 1030. The van der Waals surface area contributed by atoms with Crippen molar-refractivity contribution in [3.05, 3.63) is 82.2 Å². The van der Waals surface area contributed by atoms with Crippen molar-refractivity contribution in [3.63, 3.8) is 0 Å². The summed E-state index contributed by atoms with van der Waals surface area (Å²) in [5.74, 6) is 0.729. The number of ether oxygens (including phenoxy) is 1. The molecule has 4 heteroatoms. The van der Waals surface area contributed by atoms with Crippen LogP contribution in [0.2, 0.25) is 0 Å². The molecule has 2 aromatic carbocycles. The van der Waals surface area contributed by atoms with E-state index in [4.69, 9.17) is 4.74 Å². The van der Waals surface area contributed by atoms with Gasteiger partial charge >= 0.3 is 0 Å². The number of nitrogens with zero attached hydrogens (tertiary/aromatic N) is 1. The van der Waals surface area contributed by atoms with E-state index in [0.29, 0.717) is 0 Å². The number of carbonyl (C=O) groups is 1. The maximum Gasteiger partial charge on any atom is 0.272 e. The highest BCUT2D eigenvalue weighted by Gasteiger charge is 2.26. The number of rotatable bonds is 5. The van der Waals surface area contributed by atoms with E-state index in [1.807, 2.05) is 24.3 Å². The van der Waals surface area contributed by atoms with Gasteiger partial charge in [0.2, 0.25) is 0 Å². The summed E-state index contributed by atoms with van der Waals surface area (Å²) in [4.78, 5) is 13.3. The molecule has 4 nitrogen and oxygen atoms in total. The fraction of sp³-hybridized carbons (Fsp3) is 0.320. The molecule has 0 saturated heterocycles. The Kier molecular flexibility index (Phi) is 5.43. The number of nitrogens with one attached hydrogen (secondary N) is 1. The molecular weight excluding hydrogens is 360 g/mol. The van der Waals surface area contributed by atoms with Crippen LogP contribution in [-0.2, 0) is 19.4 Å². The molecule has 1 aliphatic carbocycles. The van der Waals surface area contributed by atoms with Gasteiger partial charge in [0, 0.05) is 17.9 Å². The minimum absolute atomic E-state index is 0.0466. The average molecular weight is 389 g/mol. The van der Waals surface area contributed by atoms with Gasteiger partial charge in [-0.1, -0.05) is 29.8 Å². The summed E-state index contributed by atoms with van der Waals surface area (Å²) in [6, 6.07) is 16.0. The quantitative estimate of drug-likeness (QED) is 0.645. The summed E-state index contributed by atoms with van der Waals surface area (Å²) in [6.45, 7) is 4.93. The second-order valence-electron chi connectivity index (χ2n) is 7.86. The Morgan fingerprint density at radius 3 is 2.55 bits per heavy atom. The molecule has 0 radical (unpaired) electrons. The van der Waals surface area contributed by atoms with Crippen molar-refractivity contribution in [3.8, 4) is 5.75 Å². The largest absolute Gasteiger partial charge is 0.497 e. The van der Waals surface area contributed by atoms with Gasteiger partial charge in [-0.2, -0.15) is 0 Å². The van der Waals surface area contributed by atoms with Crippen LogP contribution < -0.4 is 10.1 Å². The summed E-state index contributed by atoms with van der Waals surface area (Å²) in [6.07, 6.45) is 4.48. The molecule has 1 aromatic heterocycles. The minimum Gasteiger partial charge on any atom is -0.497 e. The molecule has 1 N–H and O–H groups in total. The van der Waals surface area contributed by atoms with Crippen molar-refractivity contribution < 1.29 is 9.53 Å². The number of methoxy groups -OCH3 is 1. The van der Waals surface area contributed by atoms with Crippen molar-refractivity contribution in [2.75, 3.05) is 12.4 Å². The molecule has 4 rings (SSSR count). The Morgan fingerprint density at radius 1 is 1.07 bits per heavy atom. The van der Waals surface area contributed by atoms with Crippen molar-refractivity contribution in [2.45, 2.75) is 46.1 Å². The monoisotopic (exact) mass is 388 g/mol. The van der Waals surface area contributed by atoms with Gasteiger partial charge in [-0.15, -0.1) is 0 Å². The summed E-state index contributed by atoms with van der Waals surface area (Å²) in [5.41, 5.74) is 7.85. The summed E-state index contributed by atoms with van der Waals surface area (Å²) in [7, 11) is 1.64. The summed E-state index contributed by atoms with van der Waals surface area (Å²) >= 11 is 0. The third kappa shape index (κ3) is 3.93. The molecule has 0 unspecified atom stereocenters. The van der Waals surface area contributed by atoms with E-state index < -0.39 is 0 Å². The van der Waals surface area contributed by atoms with E-state index in [-0.39, 0.29) is 5.91 Å². The van der Waals surface area contributed by atoms with Crippen LogP contribution >= 0.6 is 0 Å². The lowest BCUT2D eigenvalue weighted by molar-refractivity contribution is 0.101. The zero-order valence-electron chi connectivity index (χ0n) is 17.4. The van der Waals surface area contributed by atoms with Crippen molar-refractivity contribution in [1.82, 2.24) is 4.57 Å². The Balaban J connectivity index is 1.70. The molecule has 0 aliphatic heterocycles. The third-order valence-corrected chi connectivity index (χ3v) is 5.83. The van der Waals surface area contributed by atoms with Crippen LogP contribution in [0, 0.1) is 13.8 Å². The maximum absolute atomic E-state index is 13.3. The molecule has 150 valence electrons. The van der Waals surface area contributed by atoms with Crippen molar-refractivity contribution in [2.24, 2.45) is 0 Å².